The van der Waals surface area contributed by atoms with Crippen molar-refractivity contribution in [2.24, 2.45) is 10.9 Å². The minimum Gasteiger partial charge on any atom is -0.308 e. The van der Waals surface area contributed by atoms with Gasteiger partial charge in [0.15, 0.2) is 0 Å². The van der Waals surface area contributed by atoms with Crippen LogP contribution in [0.15, 0.2) is 35.0 Å². The van der Waals surface area contributed by atoms with Crippen LogP contribution in [-0.4, -0.2) is 11.7 Å². The average molecular weight is 232 g/mol. The van der Waals surface area contributed by atoms with Gasteiger partial charge in [-0.05, 0) is 12.1 Å². The number of aliphatic imine (C=N–C) groups is 1. The van der Waals surface area contributed by atoms with Crippen molar-refractivity contribution in [1.29, 1.82) is 0 Å². The SMILES string of the molecule is CC(C)C1=N/C(=C\c2ccccc2F)C(=O)N1. The fraction of sp³-hybridized carbons (Fsp3) is 0.231. The second kappa shape index (κ2) is 4.49. The van der Waals surface area contributed by atoms with E-state index < -0.39 is 0 Å². The number of hydrogen-bond acceptors (Lipinski definition) is 2. The number of carbonyl (C=O) groups is 1. The highest BCUT2D eigenvalue weighted by Crippen LogP contribution is 2.16. The van der Waals surface area contributed by atoms with Gasteiger partial charge in [-0.2, -0.15) is 0 Å². The standard InChI is InChI=1S/C13H13FN2O/c1-8(2)12-15-11(13(17)16-12)7-9-5-3-4-6-10(9)14/h3-8H,1-2H3,(H,15,16,17)/b11-7-. The van der Waals surface area contributed by atoms with E-state index in [0.717, 1.165) is 0 Å². The van der Waals surface area contributed by atoms with Gasteiger partial charge in [-0.1, -0.05) is 32.0 Å². The Labute approximate surface area is 99.1 Å². The molecule has 0 spiro atoms. The van der Waals surface area contributed by atoms with Gasteiger partial charge in [-0.15, -0.1) is 0 Å². The molecule has 0 radical (unpaired) electrons. The summed E-state index contributed by atoms with van der Waals surface area (Å²) in [5.41, 5.74) is 0.616. The van der Waals surface area contributed by atoms with Crippen LogP contribution in [0.4, 0.5) is 4.39 Å². The van der Waals surface area contributed by atoms with Crippen molar-refractivity contribution in [3.05, 3.63) is 41.3 Å². The highest BCUT2D eigenvalue weighted by Gasteiger charge is 2.21. The minimum atomic E-state index is -0.360. The summed E-state index contributed by atoms with van der Waals surface area (Å²) in [5, 5.41) is 2.66. The molecule has 0 unspecified atom stereocenters. The second-order valence-corrected chi connectivity index (χ2v) is 4.16. The molecule has 1 aromatic rings. The lowest BCUT2D eigenvalue weighted by molar-refractivity contribution is -0.115. The van der Waals surface area contributed by atoms with Gasteiger partial charge in [-0.25, -0.2) is 9.38 Å². The minimum absolute atomic E-state index is 0.144. The number of amidine groups is 1. The molecule has 0 bridgehead atoms. The van der Waals surface area contributed by atoms with Crippen molar-refractivity contribution in [2.75, 3.05) is 0 Å². The summed E-state index contributed by atoms with van der Waals surface area (Å²) in [4.78, 5) is 15.7. The molecule has 0 saturated heterocycles. The van der Waals surface area contributed by atoms with Gasteiger partial charge >= 0.3 is 0 Å². The number of nitrogens with one attached hydrogen (secondary N) is 1. The Hall–Kier alpha value is -1.97. The zero-order valence-corrected chi connectivity index (χ0v) is 9.70. The number of carbonyl (C=O) groups excluding carboxylic acids is 1. The number of rotatable bonds is 2. The van der Waals surface area contributed by atoms with Gasteiger partial charge in [0.05, 0.1) is 0 Å². The van der Waals surface area contributed by atoms with Gasteiger partial charge in [0.1, 0.15) is 17.3 Å². The van der Waals surface area contributed by atoms with E-state index in [1.165, 1.54) is 12.1 Å². The molecule has 0 fully saturated rings. The predicted octanol–water partition coefficient (Wildman–Crippen LogP) is 2.35. The van der Waals surface area contributed by atoms with Crippen molar-refractivity contribution >= 4 is 17.8 Å². The van der Waals surface area contributed by atoms with E-state index in [9.17, 15) is 9.18 Å². The van der Waals surface area contributed by atoms with Gasteiger partial charge in [0, 0.05) is 11.5 Å². The van der Waals surface area contributed by atoms with Crippen LogP contribution in [0, 0.1) is 11.7 Å². The molecular formula is C13H13FN2O. The lowest BCUT2D eigenvalue weighted by Crippen LogP contribution is -2.27. The third-order valence-corrected chi connectivity index (χ3v) is 2.46. The fourth-order valence-corrected chi connectivity index (χ4v) is 1.50. The maximum absolute atomic E-state index is 13.4. The molecule has 88 valence electrons. The summed E-state index contributed by atoms with van der Waals surface area (Å²) >= 11 is 0. The van der Waals surface area contributed by atoms with Crippen LogP contribution in [0.5, 0.6) is 0 Å². The average Bonchev–Trinajstić information content (AvgIpc) is 2.64. The highest BCUT2D eigenvalue weighted by molar-refractivity contribution is 6.14. The van der Waals surface area contributed by atoms with E-state index in [1.807, 2.05) is 13.8 Å². The molecule has 0 saturated carbocycles. The van der Waals surface area contributed by atoms with E-state index >= 15 is 0 Å². The summed E-state index contributed by atoms with van der Waals surface area (Å²) in [6.45, 7) is 3.87. The first-order valence-electron chi connectivity index (χ1n) is 5.44. The van der Waals surface area contributed by atoms with Gasteiger partial charge in [0.2, 0.25) is 0 Å². The van der Waals surface area contributed by atoms with E-state index in [2.05, 4.69) is 10.3 Å². The third-order valence-electron chi connectivity index (χ3n) is 2.46. The summed E-state index contributed by atoms with van der Waals surface area (Å²) in [6, 6.07) is 6.29. The van der Waals surface area contributed by atoms with Gasteiger partial charge in [-0.3, -0.25) is 4.79 Å². The molecular weight excluding hydrogens is 219 g/mol. The zero-order valence-electron chi connectivity index (χ0n) is 9.70. The summed E-state index contributed by atoms with van der Waals surface area (Å²) in [5.74, 6) is 0.126. The number of benzene rings is 1. The normalized spacial score (nSPS) is 17.5. The van der Waals surface area contributed by atoms with Crippen LogP contribution in [-0.2, 0) is 4.79 Å². The van der Waals surface area contributed by atoms with E-state index in [0.29, 0.717) is 11.4 Å². The summed E-state index contributed by atoms with van der Waals surface area (Å²) in [7, 11) is 0. The Bertz CT molecular complexity index is 518. The third kappa shape index (κ3) is 2.41. The van der Waals surface area contributed by atoms with Crippen molar-refractivity contribution in [1.82, 2.24) is 5.32 Å². The van der Waals surface area contributed by atoms with Crippen molar-refractivity contribution < 1.29 is 9.18 Å². The number of amides is 1. The molecule has 2 rings (SSSR count). The van der Waals surface area contributed by atoms with E-state index in [-0.39, 0.29) is 23.3 Å². The Morgan fingerprint density at radius 3 is 2.65 bits per heavy atom. The smallest absolute Gasteiger partial charge is 0.275 e. The van der Waals surface area contributed by atoms with Crippen LogP contribution in [0.1, 0.15) is 19.4 Å². The molecule has 1 aromatic carbocycles. The Morgan fingerprint density at radius 2 is 2.06 bits per heavy atom. The van der Waals surface area contributed by atoms with Crippen LogP contribution in [0.25, 0.3) is 6.08 Å². The van der Waals surface area contributed by atoms with Gasteiger partial charge < -0.3 is 5.32 Å². The molecule has 1 heterocycles. The lowest BCUT2D eigenvalue weighted by atomic mass is 10.2. The fourth-order valence-electron chi connectivity index (χ4n) is 1.50. The molecule has 0 aromatic heterocycles. The van der Waals surface area contributed by atoms with Crippen LogP contribution < -0.4 is 5.32 Å². The Morgan fingerprint density at radius 1 is 1.35 bits per heavy atom. The number of nitrogens with zero attached hydrogens (tertiary/aromatic N) is 1. The Kier molecular flexibility index (Phi) is 3.04. The van der Waals surface area contributed by atoms with Crippen LogP contribution >= 0.6 is 0 Å². The summed E-state index contributed by atoms with van der Waals surface area (Å²) < 4.78 is 13.4. The molecule has 4 heteroatoms. The maximum Gasteiger partial charge on any atom is 0.275 e. The van der Waals surface area contributed by atoms with Crippen LogP contribution in [0.3, 0.4) is 0 Å². The molecule has 0 atom stereocenters. The monoisotopic (exact) mass is 232 g/mol. The molecule has 1 N–H and O–H groups in total. The topological polar surface area (TPSA) is 41.5 Å². The maximum atomic E-state index is 13.4. The number of hydrogen-bond donors (Lipinski definition) is 1. The zero-order chi connectivity index (χ0) is 12.4. The molecule has 17 heavy (non-hydrogen) atoms. The first kappa shape index (κ1) is 11.5. The van der Waals surface area contributed by atoms with E-state index in [1.54, 1.807) is 18.2 Å². The molecule has 0 aliphatic carbocycles. The largest absolute Gasteiger partial charge is 0.308 e. The Balaban J connectivity index is 2.35. The predicted molar refractivity (Wildman–Crippen MR) is 64.8 cm³/mol. The number of halogens is 1. The van der Waals surface area contributed by atoms with Gasteiger partial charge in [0.25, 0.3) is 5.91 Å². The van der Waals surface area contributed by atoms with Crippen LogP contribution in [0.2, 0.25) is 0 Å². The van der Waals surface area contributed by atoms with Crippen molar-refractivity contribution in [3.63, 3.8) is 0 Å². The quantitative estimate of drug-likeness (QED) is 0.781. The molecule has 1 aliphatic heterocycles. The summed E-state index contributed by atoms with van der Waals surface area (Å²) in [6.07, 6.45) is 1.46. The molecule has 1 aliphatic rings. The lowest BCUT2D eigenvalue weighted by Gasteiger charge is -2.01. The van der Waals surface area contributed by atoms with Crippen molar-refractivity contribution in [3.8, 4) is 0 Å². The molecule has 1 amide bonds. The first-order chi connectivity index (χ1) is 8.08. The second-order valence-electron chi connectivity index (χ2n) is 4.16. The molecule has 3 nitrogen and oxygen atoms in total. The van der Waals surface area contributed by atoms with E-state index in [4.69, 9.17) is 0 Å². The highest BCUT2D eigenvalue weighted by atomic mass is 19.1. The first-order valence-corrected chi connectivity index (χ1v) is 5.44. The van der Waals surface area contributed by atoms with Crippen molar-refractivity contribution in [2.45, 2.75) is 13.8 Å².